The molecule has 92 valence electrons. The van der Waals surface area contributed by atoms with Gasteiger partial charge in [-0.1, -0.05) is 12.1 Å². The molecular formula is C12H15FN2O2. The lowest BCUT2D eigenvalue weighted by atomic mass is 10.2. The lowest BCUT2D eigenvalue weighted by molar-refractivity contribution is -0.131. The second-order valence-electron chi connectivity index (χ2n) is 3.91. The number of morpholine rings is 1. The molecule has 1 aliphatic heterocycles. The molecule has 1 aromatic carbocycles. The molecule has 0 spiro atoms. The third-order valence-corrected chi connectivity index (χ3v) is 2.75. The smallest absolute Gasteiger partial charge is 0.257 e. The van der Waals surface area contributed by atoms with E-state index >= 15 is 0 Å². The number of likely N-dealkylation sites (N-methyl/N-ethyl adjacent to an activating group) is 1. The van der Waals surface area contributed by atoms with E-state index in [1.807, 2.05) is 0 Å². The van der Waals surface area contributed by atoms with E-state index in [0.29, 0.717) is 13.2 Å². The van der Waals surface area contributed by atoms with E-state index in [-0.39, 0.29) is 11.6 Å². The summed E-state index contributed by atoms with van der Waals surface area (Å²) in [5.41, 5.74) is 0.270. The highest BCUT2D eigenvalue weighted by atomic mass is 19.1. The number of anilines is 1. The van der Waals surface area contributed by atoms with Crippen LogP contribution in [0, 0.1) is 5.82 Å². The number of ether oxygens (including phenoxy) is 1. The minimum Gasteiger partial charge on any atom is -0.366 e. The summed E-state index contributed by atoms with van der Waals surface area (Å²) in [5, 5.41) is 3.07. The van der Waals surface area contributed by atoms with Gasteiger partial charge in [-0.25, -0.2) is 4.39 Å². The molecule has 1 saturated heterocycles. The predicted octanol–water partition coefficient (Wildman–Crippen LogP) is 0.777. The molecule has 1 fully saturated rings. The molecule has 2 rings (SSSR count). The normalized spacial score (nSPS) is 20.0. The molecular weight excluding hydrogens is 223 g/mol. The maximum Gasteiger partial charge on any atom is 0.257 e. The predicted molar refractivity (Wildman–Crippen MR) is 62.4 cm³/mol. The first-order valence-corrected chi connectivity index (χ1v) is 5.54. The summed E-state index contributed by atoms with van der Waals surface area (Å²) in [6.45, 7) is 1.71. The van der Waals surface area contributed by atoms with Gasteiger partial charge in [-0.05, 0) is 12.1 Å². The highest BCUT2D eigenvalue weighted by Gasteiger charge is 2.26. The molecule has 1 aromatic rings. The van der Waals surface area contributed by atoms with Gasteiger partial charge in [-0.15, -0.1) is 0 Å². The van der Waals surface area contributed by atoms with Crippen LogP contribution in [0.5, 0.6) is 0 Å². The van der Waals surface area contributed by atoms with Crippen LogP contribution in [-0.2, 0) is 9.53 Å². The van der Waals surface area contributed by atoms with E-state index in [9.17, 15) is 9.18 Å². The van der Waals surface area contributed by atoms with E-state index in [2.05, 4.69) is 5.32 Å². The summed E-state index contributed by atoms with van der Waals surface area (Å²) in [6.07, 6.45) is -0.534. The number of benzene rings is 1. The Labute approximate surface area is 99.4 Å². The van der Waals surface area contributed by atoms with Crippen LogP contribution in [0.25, 0.3) is 0 Å². The van der Waals surface area contributed by atoms with E-state index in [4.69, 9.17) is 4.74 Å². The Hall–Kier alpha value is -1.46. The van der Waals surface area contributed by atoms with Gasteiger partial charge in [0.05, 0.1) is 12.3 Å². The molecule has 5 heteroatoms. The van der Waals surface area contributed by atoms with Crippen LogP contribution < -0.4 is 10.2 Å². The SMILES string of the molecule is CN(C(=O)C1CNCCO1)c1ccccc1F. The van der Waals surface area contributed by atoms with Crippen LogP contribution in [0.4, 0.5) is 10.1 Å². The van der Waals surface area contributed by atoms with E-state index in [1.54, 1.807) is 25.2 Å². The number of para-hydroxylation sites is 1. The van der Waals surface area contributed by atoms with Gasteiger partial charge in [0.15, 0.2) is 0 Å². The zero-order valence-corrected chi connectivity index (χ0v) is 9.65. The fraction of sp³-hybridized carbons (Fsp3) is 0.417. The third kappa shape index (κ3) is 2.62. The number of amides is 1. The van der Waals surface area contributed by atoms with Crippen molar-refractivity contribution in [1.82, 2.24) is 5.32 Å². The van der Waals surface area contributed by atoms with Crippen molar-refractivity contribution in [1.29, 1.82) is 0 Å². The number of hydrogen-bond acceptors (Lipinski definition) is 3. The van der Waals surface area contributed by atoms with Crippen LogP contribution >= 0.6 is 0 Å². The van der Waals surface area contributed by atoms with Gasteiger partial charge in [0.1, 0.15) is 11.9 Å². The zero-order chi connectivity index (χ0) is 12.3. The standard InChI is InChI=1S/C12H15FN2O2/c1-15(10-5-3-2-4-9(10)13)12(16)11-8-14-6-7-17-11/h2-5,11,14H,6-8H2,1H3. The van der Waals surface area contributed by atoms with Gasteiger partial charge in [-0.3, -0.25) is 4.79 Å². The first-order valence-electron chi connectivity index (χ1n) is 5.54. The number of nitrogens with zero attached hydrogens (tertiary/aromatic N) is 1. The summed E-state index contributed by atoms with van der Waals surface area (Å²) >= 11 is 0. The van der Waals surface area contributed by atoms with Crippen molar-refractivity contribution in [2.24, 2.45) is 0 Å². The van der Waals surface area contributed by atoms with E-state index in [1.165, 1.54) is 11.0 Å². The van der Waals surface area contributed by atoms with Gasteiger partial charge < -0.3 is 15.0 Å². The Morgan fingerprint density at radius 2 is 2.29 bits per heavy atom. The number of nitrogens with one attached hydrogen (secondary N) is 1. The van der Waals surface area contributed by atoms with Crippen molar-refractivity contribution in [2.45, 2.75) is 6.10 Å². The highest BCUT2D eigenvalue weighted by Crippen LogP contribution is 2.18. The molecule has 0 radical (unpaired) electrons. The second kappa shape index (κ2) is 5.25. The largest absolute Gasteiger partial charge is 0.366 e. The minimum atomic E-state index is -0.534. The Bertz CT molecular complexity index is 405. The molecule has 0 aromatic heterocycles. The first kappa shape index (κ1) is 12.0. The average molecular weight is 238 g/mol. The monoisotopic (exact) mass is 238 g/mol. The molecule has 1 amide bonds. The number of rotatable bonds is 2. The zero-order valence-electron chi connectivity index (χ0n) is 9.65. The molecule has 0 saturated carbocycles. The van der Waals surface area contributed by atoms with Crippen LogP contribution in [-0.4, -0.2) is 38.8 Å². The molecule has 1 unspecified atom stereocenters. The van der Waals surface area contributed by atoms with Crippen molar-refractivity contribution in [2.75, 3.05) is 31.6 Å². The summed E-state index contributed by atoms with van der Waals surface area (Å²) < 4.78 is 18.9. The molecule has 1 heterocycles. The molecule has 1 aliphatic rings. The first-order chi connectivity index (χ1) is 8.20. The van der Waals surface area contributed by atoms with Crippen molar-refractivity contribution in [3.8, 4) is 0 Å². The molecule has 0 bridgehead atoms. The quantitative estimate of drug-likeness (QED) is 0.827. The topological polar surface area (TPSA) is 41.6 Å². The number of halogens is 1. The van der Waals surface area contributed by atoms with Gasteiger partial charge in [0, 0.05) is 20.1 Å². The van der Waals surface area contributed by atoms with Crippen molar-refractivity contribution >= 4 is 11.6 Å². The Morgan fingerprint density at radius 1 is 1.53 bits per heavy atom. The second-order valence-corrected chi connectivity index (χ2v) is 3.91. The van der Waals surface area contributed by atoms with E-state index < -0.39 is 11.9 Å². The van der Waals surface area contributed by atoms with Crippen molar-refractivity contribution < 1.29 is 13.9 Å². The van der Waals surface area contributed by atoms with Gasteiger partial charge in [0.25, 0.3) is 5.91 Å². The molecule has 0 aliphatic carbocycles. The molecule has 17 heavy (non-hydrogen) atoms. The fourth-order valence-corrected chi connectivity index (χ4v) is 1.78. The van der Waals surface area contributed by atoms with Crippen molar-refractivity contribution in [3.63, 3.8) is 0 Å². The van der Waals surface area contributed by atoms with Crippen LogP contribution in [0.3, 0.4) is 0 Å². The Morgan fingerprint density at radius 3 is 2.94 bits per heavy atom. The number of carbonyl (C=O) groups excluding carboxylic acids is 1. The molecule has 1 atom stereocenters. The van der Waals surface area contributed by atoms with Crippen LogP contribution in [0.2, 0.25) is 0 Å². The minimum absolute atomic E-state index is 0.234. The summed E-state index contributed by atoms with van der Waals surface area (Å²) in [5.74, 6) is -0.644. The maximum atomic E-state index is 13.5. The van der Waals surface area contributed by atoms with Gasteiger partial charge in [0.2, 0.25) is 0 Å². The maximum absolute atomic E-state index is 13.5. The molecule has 4 nitrogen and oxygen atoms in total. The fourth-order valence-electron chi connectivity index (χ4n) is 1.78. The summed E-state index contributed by atoms with van der Waals surface area (Å²) in [6, 6.07) is 6.20. The summed E-state index contributed by atoms with van der Waals surface area (Å²) in [4.78, 5) is 13.3. The Balaban J connectivity index is 2.11. The van der Waals surface area contributed by atoms with Crippen LogP contribution in [0.1, 0.15) is 0 Å². The summed E-state index contributed by atoms with van der Waals surface area (Å²) in [7, 11) is 1.55. The van der Waals surface area contributed by atoms with Gasteiger partial charge in [-0.2, -0.15) is 0 Å². The lowest BCUT2D eigenvalue weighted by Gasteiger charge is -2.27. The average Bonchev–Trinajstić information content (AvgIpc) is 2.39. The number of carbonyl (C=O) groups is 1. The van der Waals surface area contributed by atoms with Gasteiger partial charge >= 0.3 is 0 Å². The van der Waals surface area contributed by atoms with E-state index in [0.717, 1.165) is 6.54 Å². The lowest BCUT2D eigenvalue weighted by Crippen LogP contribution is -2.48. The van der Waals surface area contributed by atoms with Crippen molar-refractivity contribution in [3.05, 3.63) is 30.1 Å². The third-order valence-electron chi connectivity index (χ3n) is 2.75. The highest BCUT2D eigenvalue weighted by molar-refractivity contribution is 5.96. The number of hydrogen-bond donors (Lipinski definition) is 1. The van der Waals surface area contributed by atoms with Crippen LogP contribution in [0.15, 0.2) is 24.3 Å². The Kier molecular flexibility index (Phi) is 3.71. The molecule has 1 N–H and O–H groups in total.